The molecule has 1 amide bonds. The highest BCUT2D eigenvalue weighted by Gasteiger charge is 2.22. The van der Waals surface area contributed by atoms with E-state index in [4.69, 9.17) is 23.8 Å². The van der Waals surface area contributed by atoms with E-state index >= 15 is 0 Å². The van der Waals surface area contributed by atoms with Gasteiger partial charge in [-0.25, -0.2) is 0 Å². The molecular formula is C23H25ClN4O3S. The first-order valence-electron chi connectivity index (χ1n) is 10.3. The van der Waals surface area contributed by atoms with Crippen molar-refractivity contribution in [2.45, 2.75) is 19.8 Å². The van der Waals surface area contributed by atoms with Crippen LogP contribution in [0.15, 0.2) is 48.5 Å². The van der Waals surface area contributed by atoms with Crippen molar-refractivity contribution in [1.82, 2.24) is 10.2 Å². The number of carbonyl (C=O) groups is 1. The highest BCUT2D eigenvalue weighted by Crippen LogP contribution is 2.30. The first-order valence-corrected chi connectivity index (χ1v) is 11.1. The number of rotatable bonds is 5. The maximum atomic E-state index is 12.3. The monoisotopic (exact) mass is 472 g/mol. The van der Waals surface area contributed by atoms with Crippen molar-refractivity contribution in [3.8, 4) is 0 Å². The van der Waals surface area contributed by atoms with Gasteiger partial charge in [0.1, 0.15) is 0 Å². The van der Waals surface area contributed by atoms with E-state index in [1.54, 1.807) is 12.1 Å². The third-order valence-corrected chi connectivity index (χ3v) is 5.97. The van der Waals surface area contributed by atoms with Gasteiger partial charge in [-0.3, -0.25) is 20.2 Å². The number of non-ortho nitro benzene ring substituents is 1. The van der Waals surface area contributed by atoms with E-state index in [2.05, 4.69) is 31.3 Å². The minimum atomic E-state index is -0.468. The summed E-state index contributed by atoms with van der Waals surface area (Å²) < 4.78 is 0. The lowest BCUT2D eigenvalue weighted by Gasteiger charge is -2.37. The Hall–Kier alpha value is -2.97. The lowest BCUT2D eigenvalue weighted by Crippen LogP contribution is -2.52. The molecule has 2 aromatic rings. The number of carbonyl (C=O) groups excluding carboxylic acids is 1. The molecule has 0 atom stereocenters. The van der Waals surface area contributed by atoms with Crippen molar-refractivity contribution in [2.24, 2.45) is 0 Å². The van der Waals surface area contributed by atoms with Crippen molar-refractivity contribution in [1.29, 1.82) is 0 Å². The van der Waals surface area contributed by atoms with Crippen LogP contribution in [0.2, 0.25) is 5.02 Å². The molecular weight excluding hydrogens is 448 g/mol. The molecule has 3 rings (SSSR count). The molecule has 9 heteroatoms. The largest absolute Gasteiger partial charge is 0.367 e. The fraction of sp³-hybridized carbons (Fsp3) is 0.304. The highest BCUT2D eigenvalue weighted by molar-refractivity contribution is 7.80. The summed E-state index contributed by atoms with van der Waals surface area (Å²) in [5, 5.41) is 14.4. The van der Waals surface area contributed by atoms with Gasteiger partial charge in [-0.05, 0) is 41.4 Å². The second-order valence-electron chi connectivity index (χ2n) is 7.82. The van der Waals surface area contributed by atoms with Crippen LogP contribution in [0.1, 0.15) is 30.9 Å². The molecule has 1 heterocycles. The Morgan fingerprint density at radius 3 is 2.38 bits per heavy atom. The average Bonchev–Trinajstić information content (AvgIpc) is 2.78. The molecule has 0 aliphatic carbocycles. The standard InChI is InChI=1S/C23H25ClN4O3S/c1-16(2)18-6-3-17(4-7-18)5-10-22(29)25-23(32)27-13-11-26(12-14-27)21-9-8-19(28(30)31)15-20(21)24/h3-10,15-16H,11-14H2,1-2H3,(H,25,29,32). The van der Waals surface area contributed by atoms with E-state index in [0.717, 1.165) is 11.3 Å². The number of nitro groups is 1. The van der Waals surface area contributed by atoms with Crippen LogP contribution < -0.4 is 10.2 Å². The summed E-state index contributed by atoms with van der Waals surface area (Å²) in [6, 6.07) is 12.6. The molecule has 1 N–H and O–H groups in total. The maximum Gasteiger partial charge on any atom is 0.271 e. The fourth-order valence-electron chi connectivity index (χ4n) is 3.41. The third-order valence-electron chi connectivity index (χ3n) is 5.31. The number of nitrogens with zero attached hydrogens (tertiary/aromatic N) is 3. The zero-order chi connectivity index (χ0) is 23.3. The van der Waals surface area contributed by atoms with Crippen molar-refractivity contribution in [3.05, 3.63) is 74.8 Å². The molecule has 7 nitrogen and oxygen atoms in total. The maximum absolute atomic E-state index is 12.3. The minimum Gasteiger partial charge on any atom is -0.367 e. The Bertz CT molecular complexity index is 1030. The summed E-state index contributed by atoms with van der Waals surface area (Å²) in [7, 11) is 0. The molecule has 1 aliphatic rings. The van der Waals surface area contributed by atoms with Crippen LogP contribution in [0.3, 0.4) is 0 Å². The summed E-state index contributed by atoms with van der Waals surface area (Å²) >= 11 is 11.6. The Morgan fingerprint density at radius 2 is 1.81 bits per heavy atom. The second kappa shape index (κ2) is 10.6. The van der Waals surface area contributed by atoms with E-state index in [0.29, 0.717) is 42.2 Å². The topological polar surface area (TPSA) is 78.7 Å². The predicted octanol–water partition coefficient (Wildman–Crippen LogP) is 4.61. The number of hydrogen-bond donors (Lipinski definition) is 1. The van der Waals surface area contributed by atoms with Gasteiger partial charge in [-0.15, -0.1) is 0 Å². The predicted molar refractivity (Wildman–Crippen MR) is 132 cm³/mol. The second-order valence-corrected chi connectivity index (χ2v) is 8.61. The van der Waals surface area contributed by atoms with Gasteiger partial charge < -0.3 is 9.80 Å². The molecule has 0 bridgehead atoms. The van der Waals surface area contributed by atoms with E-state index in [9.17, 15) is 14.9 Å². The van der Waals surface area contributed by atoms with E-state index in [1.165, 1.54) is 23.8 Å². The number of nitro benzene ring substituents is 1. The van der Waals surface area contributed by atoms with Crippen molar-refractivity contribution >= 4 is 52.3 Å². The zero-order valence-corrected chi connectivity index (χ0v) is 19.5. The number of hydrogen-bond acceptors (Lipinski definition) is 5. The summed E-state index contributed by atoms with van der Waals surface area (Å²) in [6.07, 6.45) is 3.24. The lowest BCUT2D eigenvalue weighted by atomic mass is 10.0. The Morgan fingerprint density at radius 1 is 1.16 bits per heavy atom. The molecule has 1 aliphatic heterocycles. The van der Waals surface area contributed by atoms with Crippen LogP contribution in [0.4, 0.5) is 11.4 Å². The first-order chi connectivity index (χ1) is 15.2. The number of amides is 1. The molecule has 0 spiro atoms. The van der Waals surface area contributed by atoms with Gasteiger partial charge in [0, 0.05) is 44.4 Å². The highest BCUT2D eigenvalue weighted by atomic mass is 35.5. The quantitative estimate of drug-likeness (QED) is 0.296. The Kier molecular flexibility index (Phi) is 7.82. The number of nitrogens with one attached hydrogen (secondary N) is 1. The van der Waals surface area contributed by atoms with Crippen molar-refractivity contribution in [3.63, 3.8) is 0 Å². The first kappa shape index (κ1) is 23.7. The van der Waals surface area contributed by atoms with E-state index in [-0.39, 0.29) is 11.6 Å². The van der Waals surface area contributed by atoms with E-state index < -0.39 is 4.92 Å². The van der Waals surface area contributed by atoms with E-state index in [1.807, 2.05) is 21.9 Å². The molecule has 0 unspecified atom stereocenters. The number of thiocarbonyl (C=S) groups is 1. The molecule has 32 heavy (non-hydrogen) atoms. The van der Waals surface area contributed by atoms with Gasteiger partial charge in [-0.1, -0.05) is 49.7 Å². The van der Waals surface area contributed by atoms with Crippen molar-refractivity contribution in [2.75, 3.05) is 31.1 Å². The number of benzene rings is 2. The van der Waals surface area contributed by atoms with Gasteiger partial charge in [0.05, 0.1) is 15.6 Å². The normalized spacial score (nSPS) is 14.1. The Balaban J connectivity index is 1.51. The summed E-state index contributed by atoms with van der Waals surface area (Å²) in [6.45, 7) is 6.75. The summed E-state index contributed by atoms with van der Waals surface area (Å²) in [5.41, 5.74) is 2.91. The van der Waals surface area contributed by atoms with Crippen LogP contribution in [0.5, 0.6) is 0 Å². The third kappa shape index (κ3) is 6.05. The van der Waals surface area contributed by atoms with Crippen molar-refractivity contribution < 1.29 is 9.72 Å². The lowest BCUT2D eigenvalue weighted by molar-refractivity contribution is -0.384. The van der Waals surface area contributed by atoms with Crippen LogP contribution in [-0.2, 0) is 4.79 Å². The molecule has 2 aromatic carbocycles. The zero-order valence-electron chi connectivity index (χ0n) is 18.0. The van der Waals surface area contributed by atoms with Crippen LogP contribution >= 0.6 is 23.8 Å². The van der Waals surface area contributed by atoms with Gasteiger partial charge in [0.25, 0.3) is 5.69 Å². The number of halogens is 1. The molecule has 1 fully saturated rings. The molecule has 1 saturated heterocycles. The SMILES string of the molecule is CC(C)c1ccc(C=CC(=O)NC(=S)N2CCN(c3ccc([N+](=O)[O-])cc3Cl)CC2)cc1. The molecule has 168 valence electrons. The van der Waals surface area contributed by atoms with Crippen LogP contribution in [-0.4, -0.2) is 47.0 Å². The summed E-state index contributed by atoms with van der Waals surface area (Å²) in [5.74, 6) is 0.189. The molecule has 0 saturated carbocycles. The van der Waals surface area contributed by atoms with Gasteiger partial charge in [0.2, 0.25) is 5.91 Å². The summed E-state index contributed by atoms with van der Waals surface area (Å²) in [4.78, 5) is 26.7. The van der Waals surface area contributed by atoms with Crippen LogP contribution in [0, 0.1) is 10.1 Å². The smallest absolute Gasteiger partial charge is 0.271 e. The van der Waals surface area contributed by atoms with Gasteiger partial charge >= 0.3 is 0 Å². The van der Waals surface area contributed by atoms with Crippen LogP contribution in [0.25, 0.3) is 6.08 Å². The average molecular weight is 473 g/mol. The molecule has 0 aromatic heterocycles. The van der Waals surface area contributed by atoms with Gasteiger partial charge in [-0.2, -0.15) is 0 Å². The van der Waals surface area contributed by atoms with Gasteiger partial charge in [0.15, 0.2) is 5.11 Å². The minimum absolute atomic E-state index is 0.0369. The fourth-order valence-corrected chi connectivity index (χ4v) is 3.98. The number of anilines is 1. The number of piperazine rings is 1. The Labute approximate surface area is 197 Å². The molecule has 0 radical (unpaired) electrons.